The topological polar surface area (TPSA) is 105 Å². The number of quaternary nitrogens is 1. The van der Waals surface area contributed by atoms with Crippen LogP contribution in [0.15, 0.2) is 12.2 Å². The number of aliphatic hydroxyl groups excluding tert-OH is 1. The molecule has 0 aromatic heterocycles. The zero-order valence-corrected chi connectivity index (χ0v) is 33.8. The van der Waals surface area contributed by atoms with Gasteiger partial charge in [0, 0.05) is 6.42 Å². The first kappa shape index (κ1) is 48.2. The Morgan fingerprint density at radius 1 is 0.673 bits per heavy atom. The molecule has 0 bridgehead atoms. The molecule has 0 saturated heterocycles. The molecule has 0 spiro atoms. The zero-order valence-electron chi connectivity index (χ0n) is 32.9. The van der Waals surface area contributed by atoms with E-state index in [0.717, 1.165) is 44.9 Å². The standard InChI is InChI=1S/C40H81N2O6P/c1-6-8-10-12-14-16-18-20-22-23-25-27-29-31-33-39(43)38(37-48-49(45,46)47-36-35-42(3,4)5)41-40(44)34-32-30-28-26-24-21-19-17-15-13-11-9-7-2/h23,25,38-39,43H,6-22,24,26-37H2,1-5H3,(H-,41,44,45,46)/p+1/b25-23+/t38-,39+/m0/s1. The van der Waals surface area contributed by atoms with Crippen molar-refractivity contribution in [1.82, 2.24) is 5.32 Å². The number of aliphatic hydroxyl groups is 1. The predicted molar refractivity (Wildman–Crippen MR) is 208 cm³/mol. The van der Waals surface area contributed by atoms with Crippen molar-refractivity contribution >= 4 is 13.7 Å². The number of phosphoric acid groups is 1. The van der Waals surface area contributed by atoms with Crippen LogP contribution >= 0.6 is 7.82 Å². The lowest BCUT2D eigenvalue weighted by Gasteiger charge is -2.26. The second-order valence-electron chi connectivity index (χ2n) is 15.4. The number of likely N-dealkylation sites (N-methyl/N-ethyl adjacent to an activating group) is 1. The first-order chi connectivity index (χ1) is 23.5. The van der Waals surface area contributed by atoms with Gasteiger partial charge in [0.05, 0.1) is 39.9 Å². The lowest BCUT2D eigenvalue weighted by Crippen LogP contribution is -2.46. The summed E-state index contributed by atoms with van der Waals surface area (Å²) >= 11 is 0. The van der Waals surface area contributed by atoms with Crippen LogP contribution < -0.4 is 5.32 Å². The molecule has 3 N–H and O–H groups in total. The van der Waals surface area contributed by atoms with Crippen LogP contribution in [0.2, 0.25) is 0 Å². The van der Waals surface area contributed by atoms with Crippen molar-refractivity contribution < 1.29 is 32.9 Å². The highest BCUT2D eigenvalue weighted by Crippen LogP contribution is 2.43. The molecular formula is C40H82N2O6P+. The number of carbonyl (C=O) groups is 1. The third-order valence-electron chi connectivity index (χ3n) is 9.26. The lowest BCUT2D eigenvalue weighted by atomic mass is 10.0. The fourth-order valence-electron chi connectivity index (χ4n) is 5.92. The van der Waals surface area contributed by atoms with Crippen molar-refractivity contribution in [1.29, 1.82) is 0 Å². The quantitative estimate of drug-likeness (QED) is 0.0256. The SMILES string of the molecule is CCCCCCCCCC/C=C/CCCC[C@@H](O)[C@H](COP(=O)(O)OCC[N+](C)(C)C)NC(=O)CCCCCCCCCCCCCCC. The summed E-state index contributed by atoms with van der Waals surface area (Å²) in [5.74, 6) is -0.154. The van der Waals surface area contributed by atoms with Crippen LogP contribution in [-0.4, -0.2) is 73.4 Å². The molecule has 0 radical (unpaired) electrons. The van der Waals surface area contributed by atoms with Crippen LogP contribution in [0.1, 0.15) is 187 Å². The Kier molecular flexibility index (Phi) is 32.6. The van der Waals surface area contributed by atoms with E-state index >= 15 is 0 Å². The lowest BCUT2D eigenvalue weighted by molar-refractivity contribution is -0.870. The van der Waals surface area contributed by atoms with Gasteiger partial charge in [-0.3, -0.25) is 13.8 Å². The fourth-order valence-corrected chi connectivity index (χ4v) is 6.66. The Balaban J connectivity index is 4.46. The van der Waals surface area contributed by atoms with E-state index in [1.807, 2.05) is 21.1 Å². The van der Waals surface area contributed by atoms with Gasteiger partial charge in [-0.05, 0) is 38.5 Å². The molecule has 0 aromatic carbocycles. The highest BCUT2D eigenvalue weighted by atomic mass is 31.2. The van der Waals surface area contributed by atoms with Gasteiger partial charge in [0.1, 0.15) is 13.2 Å². The number of carbonyl (C=O) groups excluding carboxylic acids is 1. The number of rotatable bonds is 37. The highest BCUT2D eigenvalue weighted by Gasteiger charge is 2.28. The van der Waals surface area contributed by atoms with Gasteiger partial charge < -0.3 is 19.8 Å². The van der Waals surface area contributed by atoms with E-state index in [9.17, 15) is 19.4 Å². The average molecular weight is 718 g/mol. The largest absolute Gasteiger partial charge is 0.472 e. The van der Waals surface area contributed by atoms with Crippen molar-refractivity contribution in [3.05, 3.63) is 12.2 Å². The molecule has 0 saturated carbocycles. The monoisotopic (exact) mass is 718 g/mol. The van der Waals surface area contributed by atoms with Gasteiger partial charge in [0.2, 0.25) is 5.91 Å². The first-order valence-corrected chi connectivity index (χ1v) is 22.0. The number of amides is 1. The van der Waals surface area contributed by atoms with Crippen LogP contribution in [-0.2, 0) is 18.4 Å². The highest BCUT2D eigenvalue weighted by molar-refractivity contribution is 7.47. The molecule has 1 amide bonds. The summed E-state index contributed by atoms with van der Waals surface area (Å²) in [5.41, 5.74) is 0. The third kappa shape index (κ3) is 35.4. The van der Waals surface area contributed by atoms with E-state index in [4.69, 9.17) is 9.05 Å². The minimum Gasteiger partial charge on any atom is -0.391 e. The molecule has 3 atom stereocenters. The number of phosphoric ester groups is 1. The molecule has 292 valence electrons. The Hall–Kier alpha value is -0.760. The molecule has 0 rings (SSSR count). The zero-order chi connectivity index (χ0) is 36.5. The molecule has 8 nitrogen and oxygen atoms in total. The van der Waals surface area contributed by atoms with E-state index in [0.29, 0.717) is 23.9 Å². The molecule has 49 heavy (non-hydrogen) atoms. The Morgan fingerprint density at radius 2 is 1.10 bits per heavy atom. The third-order valence-corrected chi connectivity index (χ3v) is 10.2. The van der Waals surface area contributed by atoms with Gasteiger partial charge in [0.25, 0.3) is 0 Å². The van der Waals surface area contributed by atoms with E-state index in [1.165, 1.54) is 116 Å². The number of nitrogens with one attached hydrogen (secondary N) is 1. The number of allylic oxidation sites excluding steroid dienone is 2. The van der Waals surface area contributed by atoms with Crippen LogP contribution in [0.5, 0.6) is 0 Å². The van der Waals surface area contributed by atoms with Gasteiger partial charge in [-0.2, -0.15) is 0 Å². The van der Waals surface area contributed by atoms with Gasteiger partial charge in [-0.25, -0.2) is 4.57 Å². The summed E-state index contributed by atoms with van der Waals surface area (Å²) in [7, 11) is 1.60. The molecule has 1 unspecified atom stereocenters. The summed E-state index contributed by atoms with van der Waals surface area (Å²) in [4.78, 5) is 23.0. The Morgan fingerprint density at radius 3 is 1.57 bits per heavy atom. The smallest absolute Gasteiger partial charge is 0.391 e. The molecule has 0 aromatic rings. The van der Waals surface area contributed by atoms with Gasteiger partial charge in [-0.15, -0.1) is 0 Å². The molecule has 0 fully saturated rings. The normalized spacial score (nSPS) is 14.7. The minimum atomic E-state index is -4.31. The van der Waals surface area contributed by atoms with Crippen molar-refractivity contribution in [3.8, 4) is 0 Å². The van der Waals surface area contributed by atoms with Crippen LogP contribution in [0.3, 0.4) is 0 Å². The Labute approximate surface area is 303 Å². The van der Waals surface area contributed by atoms with Crippen LogP contribution in [0.25, 0.3) is 0 Å². The van der Waals surface area contributed by atoms with Crippen molar-refractivity contribution in [2.75, 3.05) is 40.9 Å². The summed E-state index contributed by atoms with van der Waals surface area (Å²) in [5, 5.41) is 13.9. The molecule has 0 heterocycles. The fraction of sp³-hybridized carbons (Fsp3) is 0.925. The van der Waals surface area contributed by atoms with Gasteiger partial charge in [0.15, 0.2) is 0 Å². The molecule has 0 aliphatic carbocycles. The summed E-state index contributed by atoms with van der Waals surface area (Å²) < 4.78 is 23.5. The number of hydrogen-bond acceptors (Lipinski definition) is 5. The summed E-state index contributed by atoms with van der Waals surface area (Å²) in [6.07, 6.45) is 35.2. The minimum absolute atomic E-state index is 0.0719. The van der Waals surface area contributed by atoms with Crippen molar-refractivity contribution in [2.24, 2.45) is 0 Å². The molecule has 0 aliphatic heterocycles. The predicted octanol–water partition coefficient (Wildman–Crippen LogP) is 10.8. The first-order valence-electron chi connectivity index (χ1n) is 20.6. The van der Waals surface area contributed by atoms with E-state index in [1.54, 1.807) is 0 Å². The van der Waals surface area contributed by atoms with Crippen molar-refractivity contribution in [3.63, 3.8) is 0 Å². The number of hydrogen-bond donors (Lipinski definition) is 3. The molecular weight excluding hydrogens is 635 g/mol. The second-order valence-corrected chi connectivity index (χ2v) is 16.8. The maximum atomic E-state index is 12.8. The summed E-state index contributed by atoms with van der Waals surface area (Å²) in [6, 6.07) is -0.769. The van der Waals surface area contributed by atoms with Gasteiger partial charge in [-0.1, -0.05) is 154 Å². The van der Waals surface area contributed by atoms with Crippen LogP contribution in [0.4, 0.5) is 0 Å². The molecule has 9 heteroatoms. The number of nitrogens with zero attached hydrogens (tertiary/aromatic N) is 1. The van der Waals surface area contributed by atoms with E-state index in [2.05, 4.69) is 31.3 Å². The van der Waals surface area contributed by atoms with E-state index < -0.39 is 20.0 Å². The maximum Gasteiger partial charge on any atom is 0.472 e. The second kappa shape index (κ2) is 33.1. The Bertz CT molecular complexity index is 819. The van der Waals surface area contributed by atoms with Gasteiger partial charge >= 0.3 is 7.82 Å². The number of unbranched alkanes of at least 4 members (excludes halogenated alkanes) is 22. The van der Waals surface area contributed by atoms with E-state index in [-0.39, 0.29) is 19.1 Å². The van der Waals surface area contributed by atoms with Crippen molar-refractivity contribution in [2.45, 2.75) is 199 Å². The van der Waals surface area contributed by atoms with Crippen LogP contribution in [0, 0.1) is 0 Å². The molecule has 0 aliphatic rings. The summed E-state index contributed by atoms with van der Waals surface area (Å²) in [6.45, 7) is 4.85. The average Bonchev–Trinajstić information content (AvgIpc) is 3.04. The maximum absolute atomic E-state index is 12.8.